The van der Waals surface area contributed by atoms with Crippen LogP contribution in [0.1, 0.15) is 64.0 Å². The average molecular weight is 411 g/mol. The highest BCUT2D eigenvalue weighted by atomic mass is 19.4. The molecule has 1 N–H and O–H groups in total. The molecule has 0 fully saturated rings. The van der Waals surface area contributed by atoms with E-state index in [2.05, 4.69) is 23.7 Å². The Morgan fingerprint density at radius 2 is 1.97 bits per heavy atom. The number of hydrogen-bond acceptors (Lipinski definition) is 3. The molecule has 0 spiro atoms. The van der Waals surface area contributed by atoms with E-state index in [-0.39, 0.29) is 18.6 Å². The second-order valence-electron chi connectivity index (χ2n) is 7.62. The lowest BCUT2D eigenvalue weighted by Gasteiger charge is -2.31. The Hall–Kier alpha value is -1.95. The molecule has 1 heterocycles. The SMILES string of the molecule is C=C1NC=Cc2cc(O[C@@H](C)CC[C@H](CC)N(CC)CCCC(F)(F)F)ccc21. The highest BCUT2D eigenvalue weighted by molar-refractivity contribution is 5.77. The standard InChI is InChI=1S/C23H33F3N2O/c1-5-20(28(6-2)15-7-13-23(24,25)26)9-8-17(3)29-21-10-11-22-18(4)27-14-12-19(22)16-21/h10-12,14,16-17,20,27H,4-9,13,15H2,1-3H3/t17-,20-/m0/s1. The molecular weight excluding hydrogens is 377 g/mol. The van der Waals surface area contributed by atoms with Gasteiger partial charge in [-0.3, -0.25) is 0 Å². The van der Waals surface area contributed by atoms with Crippen LogP contribution in [0, 0.1) is 0 Å². The molecule has 3 nitrogen and oxygen atoms in total. The molecule has 1 aliphatic heterocycles. The zero-order valence-electron chi connectivity index (χ0n) is 17.7. The Balaban J connectivity index is 1.85. The summed E-state index contributed by atoms with van der Waals surface area (Å²) >= 11 is 0. The van der Waals surface area contributed by atoms with Crippen LogP contribution in [0.4, 0.5) is 13.2 Å². The molecule has 1 aromatic rings. The third-order valence-electron chi connectivity index (χ3n) is 5.41. The van der Waals surface area contributed by atoms with Crippen molar-refractivity contribution in [2.24, 2.45) is 0 Å². The van der Waals surface area contributed by atoms with E-state index < -0.39 is 12.6 Å². The van der Waals surface area contributed by atoms with Gasteiger partial charge in [-0.2, -0.15) is 13.2 Å². The minimum absolute atomic E-state index is 0.0323. The predicted octanol–water partition coefficient (Wildman–Crippen LogP) is 6.22. The zero-order chi connectivity index (χ0) is 21.4. The molecule has 6 heteroatoms. The van der Waals surface area contributed by atoms with Crippen LogP contribution in [-0.2, 0) is 0 Å². The third-order valence-corrected chi connectivity index (χ3v) is 5.41. The summed E-state index contributed by atoms with van der Waals surface area (Å²) < 4.78 is 43.4. The van der Waals surface area contributed by atoms with Crippen LogP contribution in [0.3, 0.4) is 0 Å². The molecular formula is C23H33F3N2O. The molecule has 1 aliphatic rings. The van der Waals surface area contributed by atoms with Crippen molar-refractivity contribution in [1.29, 1.82) is 0 Å². The fraction of sp³-hybridized carbons (Fsp3) is 0.565. The predicted molar refractivity (Wildman–Crippen MR) is 114 cm³/mol. The molecule has 0 unspecified atom stereocenters. The maximum absolute atomic E-state index is 12.4. The van der Waals surface area contributed by atoms with Gasteiger partial charge in [0.15, 0.2) is 0 Å². The Bertz CT molecular complexity index is 700. The number of hydrogen-bond donors (Lipinski definition) is 1. The first-order valence-corrected chi connectivity index (χ1v) is 10.5. The lowest BCUT2D eigenvalue weighted by atomic mass is 10.0. The lowest BCUT2D eigenvalue weighted by Crippen LogP contribution is -2.36. The van der Waals surface area contributed by atoms with Crippen LogP contribution < -0.4 is 10.1 Å². The second-order valence-corrected chi connectivity index (χ2v) is 7.62. The fourth-order valence-electron chi connectivity index (χ4n) is 3.78. The van der Waals surface area contributed by atoms with E-state index in [0.717, 1.165) is 48.4 Å². The molecule has 29 heavy (non-hydrogen) atoms. The number of nitrogens with one attached hydrogen (secondary N) is 1. The van der Waals surface area contributed by atoms with E-state index in [1.807, 2.05) is 44.3 Å². The highest BCUT2D eigenvalue weighted by Crippen LogP contribution is 2.27. The van der Waals surface area contributed by atoms with Crippen LogP contribution in [-0.4, -0.2) is 36.3 Å². The number of rotatable bonds is 11. The molecule has 0 amide bonds. The van der Waals surface area contributed by atoms with E-state index in [9.17, 15) is 13.2 Å². The van der Waals surface area contributed by atoms with Gasteiger partial charge in [0, 0.05) is 29.9 Å². The van der Waals surface area contributed by atoms with E-state index in [1.165, 1.54) is 0 Å². The summed E-state index contributed by atoms with van der Waals surface area (Å²) in [7, 11) is 0. The molecule has 0 aliphatic carbocycles. The summed E-state index contributed by atoms with van der Waals surface area (Å²) in [4.78, 5) is 2.17. The van der Waals surface area contributed by atoms with Crippen LogP contribution >= 0.6 is 0 Å². The van der Waals surface area contributed by atoms with E-state index >= 15 is 0 Å². The van der Waals surface area contributed by atoms with Crippen molar-refractivity contribution in [3.63, 3.8) is 0 Å². The first-order chi connectivity index (χ1) is 13.7. The summed E-state index contributed by atoms with van der Waals surface area (Å²) in [6, 6.07) is 6.25. The van der Waals surface area contributed by atoms with Crippen LogP contribution in [0.2, 0.25) is 0 Å². The van der Waals surface area contributed by atoms with Gasteiger partial charge in [-0.1, -0.05) is 20.4 Å². The monoisotopic (exact) mass is 410 g/mol. The second kappa shape index (κ2) is 10.7. The summed E-state index contributed by atoms with van der Waals surface area (Å²) in [6.45, 7) is 11.4. The van der Waals surface area contributed by atoms with Gasteiger partial charge >= 0.3 is 6.18 Å². The van der Waals surface area contributed by atoms with Crippen molar-refractivity contribution in [1.82, 2.24) is 10.2 Å². The van der Waals surface area contributed by atoms with E-state index in [1.54, 1.807) is 0 Å². The number of benzene rings is 1. The third kappa shape index (κ3) is 7.42. The van der Waals surface area contributed by atoms with Crippen molar-refractivity contribution in [3.8, 4) is 5.75 Å². The first kappa shape index (κ1) is 23.3. The molecule has 0 radical (unpaired) electrons. The van der Waals surface area contributed by atoms with Gasteiger partial charge in [-0.15, -0.1) is 0 Å². The molecule has 0 bridgehead atoms. The lowest BCUT2D eigenvalue weighted by molar-refractivity contribution is -0.136. The Morgan fingerprint density at radius 3 is 2.62 bits per heavy atom. The number of ether oxygens (including phenoxy) is 1. The maximum atomic E-state index is 12.4. The number of nitrogens with zero attached hydrogens (tertiary/aromatic N) is 1. The Kier molecular flexibility index (Phi) is 8.62. The smallest absolute Gasteiger partial charge is 0.389 e. The van der Waals surface area contributed by atoms with Gasteiger partial charge in [0.1, 0.15) is 5.75 Å². The van der Waals surface area contributed by atoms with Gasteiger partial charge in [0.05, 0.1) is 6.10 Å². The minimum atomic E-state index is -4.07. The van der Waals surface area contributed by atoms with Crippen LogP contribution in [0.15, 0.2) is 31.0 Å². The molecule has 2 atom stereocenters. The Morgan fingerprint density at radius 1 is 1.21 bits per heavy atom. The molecule has 0 aromatic heterocycles. The summed E-state index contributed by atoms with van der Waals surface area (Å²) in [5, 5.41) is 3.09. The fourth-order valence-corrected chi connectivity index (χ4v) is 3.78. The topological polar surface area (TPSA) is 24.5 Å². The number of fused-ring (bicyclic) bond motifs is 1. The average Bonchev–Trinajstić information content (AvgIpc) is 2.66. The maximum Gasteiger partial charge on any atom is 0.389 e. The molecule has 0 saturated heterocycles. The molecule has 162 valence electrons. The molecule has 2 rings (SSSR count). The van der Waals surface area contributed by atoms with E-state index in [0.29, 0.717) is 6.54 Å². The van der Waals surface area contributed by atoms with Crippen molar-refractivity contribution < 1.29 is 17.9 Å². The normalized spacial score (nSPS) is 15.8. The van der Waals surface area contributed by atoms with Gasteiger partial charge < -0.3 is 15.0 Å². The summed E-state index contributed by atoms with van der Waals surface area (Å²) in [5.74, 6) is 0.821. The van der Waals surface area contributed by atoms with E-state index in [4.69, 9.17) is 4.74 Å². The molecule has 0 saturated carbocycles. The number of alkyl halides is 3. The van der Waals surface area contributed by atoms with Crippen molar-refractivity contribution in [3.05, 3.63) is 42.1 Å². The minimum Gasteiger partial charge on any atom is -0.491 e. The van der Waals surface area contributed by atoms with Gasteiger partial charge in [-0.25, -0.2) is 0 Å². The summed E-state index contributed by atoms with van der Waals surface area (Å²) in [5.41, 5.74) is 3.01. The quantitative estimate of drug-likeness (QED) is 0.469. The van der Waals surface area contributed by atoms with Crippen molar-refractivity contribution in [2.75, 3.05) is 13.1 Å². The zero-order valence-corrected chi connectivity index (χ0v) is 17.7. The first-order valence-electron chi connectivity index (χ1n) is 10.5. The van der Waals surface area contributed by atoms with Gasteiger partial charge in [0.2, 0.25) is 0 Å². The highest BCUT2D eigenvalue weighted by Gasteiger charge is 2.27. The van der Waals surface area contributed by atoms with Gasteiger partial charge in [-0.05, 0) is 75.5 Å². The summed E-state index contributed by atoms with van der Waals surface area (Å²) in [6.07, 6.45) is 1.94. The van der Waals surface area contributed by atoms with Crippen molar-refractivity contribution >= 4 is 11.8 Å². The number of halogens is 3. The largest absolute Gasteiger partial charge is 0.491 e. The van der Waals surface area contributed by atoms with Gasteiger partial charge in [0.25, 0.3) is 0 Å². The van der Waals surface area contributed by atoms with Crippen LogP contribution in [0.25, 0.3) is 11.8 Å². The molecule has 1 aromatic carbocycles. The Labute approximate surface area is 172 Å². The van der Waals surface area contributed by atoms with Crippen molar-refractivity contribution in [2.45, 2.75) is 71.2 Å². The van der Waals surface area contributed by atoms with Crippen LogP contribution in [0.5, 0.6) is 5.75 Å².